The van der Waals surface area contributed by atoms with Gasteiger partial charge in [0.05, 0.1) is 5.69 Å². The molecule has 14 heavy (non-hydrogen) atoms. The molecule has 2 nitrogen and oxygen atoms in total. The van der Waals surface area contributed by atoms with Crippen LogP contribution in [0.2, 0.25) is 5.15 Å². The van der Waals surface area contributed by atoms with Crippen molar-refractivity contribution in [2.45, 2.75) is 34.1 Å². The Labute approximate surface area is 88.5 Å². The van der Waals surface area contributed by atoms with Gasteiger partial charge in [0.15, 0.2) is 11.0 Å². The maximum Gasteiger partial charge on any atom is 0.181 e. The fraction of sp³-hybridized carbons (Fsp3) is 0.600. The Hall–Kier alpha value is -0.700. The highest BCUT2D eigenvalue weighted by Crippen LogP contribution is 2.21. The Morgan fingerprint density at radius 2 is 1.86 bits per heavy atom. The van der Waals surface area contributed by atoms with Gasteiger partial charge in [-0.1, -0.05) is 32.4 Å². The third-order valence-corrected chi connectivity index (χ3v) is 1.96. The first-order valence-electron chi connectivity index (χ1n) is 4.48. The normalized spacial score (nSPS) is 11.9. The van der Waals surface area contributed by atoms with E-state index in [0.29, 0.717) is 17.9 Å². The van der Waals surface area contributed by atoms with Crippen molar-refractivity contribution in [1.82, 2.24) is 9.97 Å². The van der Waals surface area contributed by atoms with E-state index in [1.54, 1.807) is 6.92 Å². The molecule has 0 spiro atoms. The fourth-order valence-electron chi connectivity index (χ4n) is 1.13. The largest absolute Gasteiger partial charge is 0.235 e. The average molecular weight is 217 g/mol. The predicted molar refractivity (Wildman–Crippen MR) is 54.9 cm³/mol. The first-order valence-corrected chi connectivity index (χ1v) is 4.86. The van der Waals surface area contributed by atoms with E-state index >= 15 is 0 Å². The molecule has 0 amide bonds. The van der Waals surface area contributed by atoms with Crippen molar-refractivity contribution < 1.29 is 4.39 Å². The van der Waals surface area contributed by atoms with Gasteiger partial charge in [-0.05, 0) is 12.3 Å². The van der Waals surface area contributed by atoms with E-state index in [4.69, 9.17) is 11.6 Å². The molecule has 0 radical (unpaired) electrons. The van der Waals surface area contributed by atoms with Gasteiger partial charge in [-0.3, -0.25) is 0 Å². The summed E-state index contributed by atoms with van der Waals surface area (Å²) < 4.78 is 13.1. The van der Waals surface area contributed by atoms with Crippen LogP contribution in [-0.2, 0) is 6.42 Å². The van der Waals surface area contributed by atoms with Gasteiger partial charge in [0.25, 0.3) is 0 Å². The topological polar surface area (TPSA) is 25.8 Å². The highest BCUT2D eigenvalue weighted by Gasteiger charge is 2.16. The maximum atomic E-state index is 13.1. The van der Waals surface area contributed by atoms with Gasteiger partial charge in [0.2, 0.25) is 0 Å². The number of aromatic nitrogens is 2. The van der Waals surface area contributed by atoms with Gasteiger partial charge in [-0.2, -0.15) is 0 Å². The van der Waals surface area contributed by atoms with Crippen LogP contribution in [0.1, 0.15) is 32.3 Å². The summed E-state index contributed by atoms with van der Waals surface area (Å²) in [6.07, 6.45) is 0.688. The molecule has 0 saturated carbocycles. The second-order valence-corrected chi connectivity index (χ2v) is 4.93. The Morgan fingerprint density at radius 3 is 2.29 bits per heavy atom. The van der Waals surface area contributed by atoms with Crippen LogP contribution in [0.25, 0.3) is 0 Å². The molecule has 1 heterocycles. The van der Waals surface area contributed by atoms with E-state index in [1.165, 1.54) is 0 Å². The molecule has 0 fully saturated rings. The first-order chi connectivity index (χ1) is 6.29. The number of hydrogen-bond donors (Lipinski definition) is 0. The summed E-state index contributed by atoms with van der Waals surface area (Å²) in [6, 6.07) is 0. The lowest BCUT2D eigenvalue weighted by Crippen LogP contribution is -2.13. The molecule has 0 atom stereocenters. The molecule has 1 rings (SSSR count). The van der Waals surface area contributed by atoms with Crippen molar-refractivity contribution >= 4 is 11.6 Å². The van der Waals surface area contributed by atoms with E-state index in [0.717, 1.165) is 0 Å². The number of hydrogen-bond acceptors (Lipinski definition) is 2. The van der Waals surface area contributed by atoms with Gasteiger partial charge < -0.3 is 0 Å². The molecule has 1 aromatic rings. The van der Waals surface area contributed by atoms with Crippen molar-refractivity contribution in [3.63, 3.8) is 0 Å². The second-order valence-electron chi connectivity index (χ2n) is 4.57. The summed E-state index contributed by atoms with van der Waals surface area (Å²) in [6.45, 7) is 7.81. The van der Waals surface area contributed by atoms with Gasteiger partial charge in [0, 0.05) is 6.42 Å². The van der Waals surface area contributed by atoms with E-state index in [9.17, 15) is 4.39 Å². The number of rotatable bonds is 1. The first kappa shape index (κ1) is 11.4. The number of halogens is 2. The molecule has 0 aliphatic rings. The molecule has 78 valence electrons. The Kier molecular flexibility index (Phi) is 3.10. The second kappa shape index (κ2) is 3.81. The Balaban J connectivity index is 3.02. The third kappa shape index (κ3) is 2.91. The summed E-state index contributed by atoms with van der Waals surface area (Å²) in [7, 11) is 0. The Bertz CT molecular complexity index is 321. The van der Waals surface area contributed by atoms with E-state index in [-0.39, 0.29) is 10.6 Å². The molecule has 0 saturated heterocycles. The van der Waals surface area contributed by atoms with Gasteiger partial charge in [-0.25, -0.2) is 14.4 Å². The smallest absolute Gasteiger partial charge is 0.181 e. The molecule has 0 bridgehead atoms. The molecular formula is C10H14ClFN2. The molecule has 0 aliphatic heterocycles. The van der Waals surface area contributed by atoms with Crippen LogP contribution in [0.3, 0.4) is 0 Å². The molecule has 0 N–H and O–H groups in total. The Morgan fingerprint density at radius 1 is 1.29 bits per heavy atom. The quantitative estimate of drug-likeness (QED) is 0.674. The molecular weight excluding hydrogens is 203 g/mol. The summed E-state index contributed by atoms with van der Waals surface area (Å²) in [5.41, 5.74) is 0.386. The molecule has 1 aromatic heterocycles. The summed E-state index contributed by atoms with van der Waals surface area (Å²) >= 11 is 5.62. The maximum absolute atomic E-state index is 13.1. The van der Waals surface area contributed by atoms with Crippen LogP contribution in [0, 0.1) is 18.2 Å². The highest BCUT2D eigenvalue weighted by molar-refractivity contribution is 6.29. The molecule has 0 aromatic carbocycles. The number of nitrogens with zero attached hydrogens (tertiary/aromatic N) is 2. The standard InChI is InChI=1S/C10H14ClFN2/c1-6-8(12)9(11)14-7(13-6)5-10(2,3)4/h5H2,1-4H3. The van der Waals surface area contributed by atoms with Crippen LogP contribution in [0.5, 0.6) is 0 Å². The lowest BCUT2D eigenvalue weighted by Gasteiger charge is -2.16. The van der Waals surface area contributed by atoms with Crippen molar-refractivity contribution in [3.8, 4) is 0 Å². The average Bonchev–Trinajstić information content (AvgIpc) is 1.96. The molecule has 4 heteroatoms. The van der Waals surface area contributed by atoms with E-state index < -0.39 is 5.82 Å². The minimum Gasteiger partial charge on any atom is -0.235 e. The van der Waals surface area contributed by atoms with E-state index in [1.807, 2.05) is 0 Å². The van der Waals surface area contributed by atoms with Crippen LogP contribution >= 0.6 is 11.6 Å². The van der Waals surface area contributed by atoms with Gasteiger partial charge in [-0.15, -0.1) is 0 Å². The zero-order valence-corrected chi connectivity index (χ0v) is 9.61. The predicted octanol–water partition coefficient (Wildman–Crippen LogP) is 3.17. The fourth-order valence-corrected chi connectivity index (χ4v) is 1.37. The summed E-state index contributed by atoms with van der Waals surface area (Å²) in [5, 5.41) is -0.0863. The minimum absolute atomic E-state index is 0.0770. The SMILES string of the molecule is Cc1nc(CC(C)(C)C)nc(Cl)c1F. The third-order valence-electron chi connectivity index (χ3n) is 1.71. The number of aryl methyl sites for hydroxylation is 1. The molecule has 0 aliphatic carbocycles. The monoisotopic (exact) mass is 216 g/mol. The van der Waals surface area contributed by atoms with Crippen molar-refractivity contribution in [3.05, 3.63) is 22.5 Å². The van der Waals surface area contributed by atoms with Crippen LogP contribution in [0.4, 0.5) is 4.39 Å². The zero-order chi connectivity index (χ0) is 10.9. The minimum atomic E-state index is -0.524. The van der Waals surface area contributed by atoms with Crippen LogP contribution in [-0.4, -0.2) is 9.97 Å². The van der Waals surface area contributed by atoms with Gasteiger partial charge in [0.1, 0.15) is 5.82 Å². The highest BCUT2D eigenvalue weighted by atomic mass is 35.5. The lowest BCUT2D eigenvalue weighted by molar-refractivity contribution is 0.398. The van der Waals surface area contributed by atoms with Crippen molar-refractivity contribution in [2.24, 2.45) is 5.41 Å². The van der Waals surface area contributed by atoms with Crippen LogP contribution in [0.15, 0.2) is 0 Å². The zero-order valence-electron chi connectivity index (χ0n) is 8.86. The van der Waals surface area contributed by atoms with Crippen LogP contribution < -0.4 is 0 Å². The summed E-state index contributed by atoms with van der Waals surface area (Å²) in [4.78, 5) is 7.95. The molecule has 0 unspecified atom stereocenters. The van der Waals surface area contributed by atoms with E-state index in [2.05, 4.69) is 30.7 Å². The lowest BCUT2D eigenvalue weighted by atomic mass is 9.92. The summed E-state index contributed by atoms with van der Waals surface area (Å²) in [5.74, 6) is 0.0747. The van der Waals surface area contributed by atoms with Crippen molar-refractivity contribution in [2.75, 3.05) is 0 Å². The van der Waals surface area contributed by atoms with Gasteiger partial charge >= 0.3 is 0 Å². The van der Waals surface area contributed by atoms with Crippen molar-refractivity contribution in [1.29, 1.82) is 0 Å².